The second-order valence-corrected chi connectivity index (χ2v) is 8.45. The van der Waals surface area contributed by atoms with Crippen molar-refractivity contribution in [2.45, 2.75) is 31.6 Å². The highest BCUT2D eigenvalue weighted by Gasteiger charge is 2.20. The molecule has 162 valence electrons. The summed E-state index contributed by atoms with van der Waals surface area (Å²) in [5.74, 6) is 0.368. The molecule has 31 heavy (non-hydrogen) atoms. The first-order valence-electron chi connectivity index (χ1n) is 9.55. The largest absolute Gasteiger partial charge is 0.342 e. The van der Waals surface area contributed by atoms with Crippen LogP contribution >= 0.6 is 35.0 Å². The summed E-state index contributed by atoms with van der Waals surface area (Å²) < 4.78 is 1.88. The number of benzene rings is 2. The molecule has 0 saturated carbocycles. The molecule has 2 N–H and O–H groups in total. The van der Waals surface area contributed by atoms with E-state index in [0.29, 0.717) is 38.8 Å². The van der Waals surface area contributed by atoms with Crippen LogP contribution in [0.3, 0.4) is 0 Å². The van der Waals surface area contributed by atoms with Gasteiger partial charge in [-0.1, -0.05) is 41.0 Å². The zero-order valence-electron chi connectivity index (χ0n) is 16.9. The van der Waals surface area contributed by atoms with Crippen molar-refractivity contribution in [3.8, 4) is 0 Å². The quantitative estimate of drug-likeness (QED) is 0.453. The number of rotatable bonds is 8. The van der Waals surface area contributed by atoms with Crippen LogP contribution in [0.25, 0.3) is 0 Å². The van der Waals surface area contributed by atoms with E-state index in [1.165, 1.54) is 11.8 Å². The van der Waals surface area contributed by atoms with E-state index in [4.69, 9.17) is 23.2 Å². The lowest BCUT2D eigenvalue weighted by Crippen LogP contribution is -2.28. The third kappa shape index (κ3) is 6.22. The maximum atomic E-state index is 12.5. The molecular weight excluding hydrogens is 457 g/mol. The number of nitrogens with one attached hydrogen (secondary N) is 2. The van der Waals surface area contributed by atoms with Crippen molar-refractivity contribution < 1.29 is 9.59 Å². The molecular formula is C21H21Cl2N5O2S. The van der Waals surface area contributed by atoms with Crippen LogP contribution in [0.1, 0.15) is 36.1 Å². The smallest absolute Gasteiger partial charge is 0.251 e. The maximum Gasteiger partial charge on any atom is 0.251 e. The van der Waals surface area contributed by atoms with E-state index in [2.05, 4.69) is 20.8 Å². The molecule has 1 aromatic heterocycles. The van der Waals surface area contributed by atoms with Crippen LogP contribution in [0, 0.1) is 0 Å². The Kier molecular flexibility index (Phi) is 7.95. The standard InChI is InChI=1S/C21H21Cl2N5O2S/c1-3-28-19(13(2)24-20(30)14-7-9-15(22)10-8-14)26-27-21(28)31-12-18(29)25-17-6-4-5-16(23)11-17/h4-11,13H,3,12H2,1-2H3,(H,24,30)(H,25,29)/t13-/m0/s1. The van der Waals surface area contributed by atoms with Gasteiger partial charge in [-0.2, -0.15) is 0 Å². The summed E-state index contributed by atoms with van der Waals surface area (Å²) in [5, 5.41) is 15.9. The number of carbonyl (C=O) groups is 2. The van der Waals surface area contributed by atoms with Crippen molar-refractivity contribution >= 4 is 52.5 Å². The number of amides is 2. The van der Waals surface area contributed by atoms with Crippen LogP contribution in [0.2, 0.25) is 10.0 Å². The second kappa shape index (κ2) is 10.7. The minimum absolute atomic E-state index is 0.163. The number of hydrogen-bond acceptors (Lipinski definition) is 5. The van der Waals surface area contributed by atoms with Gasteiger partial charge in [0.15, 0.2) is 11.0 Å². The summed E-state index contributed by atoms with van der Waals surface area (Å²) >= 11 is 13.1. The van der Waals surface area contributed by atoms with Crippen LogP contribution in [0.4, 0.5) is 5.69 Å². The molecule has 2 amide bonds. The number of nitrogens with zero attached hydrogens (tertiary/aromatic N) is 3. The van der Waals surface area contributed by atoms with Gasteiger partial charge in [0.2, 0.25) is 5.91 Å². The predicted octanol–water partition coefficient (Wildman–Crippen LogP) is 4.83. The summed E-state index contributed by atoms with van der Waals surface area (Å²) in [6.07, 6.45) is 0. The van der Waals surface area contributed by atoms with Gasteiger partial charge in [-0.05, 0) is 56.3 Å². The first kappa shape index (κ1) is 23.1. The Morgan fingerprint density at radius 2 is 1.84 bits per heavy atom. The monoisotopic (exact) mass is 477 g/mol. The molecule has 0 unspecified atom stereocenters. The number of anilines is 1. The van der Waals surface area contributed by atoms with E-state index in [1.807, 2.05) is 18.4 Å². The molecule has 7 nitrogen and oxygen atoms in total. The molecule has 2 aromatic carbocycles. The van der Waals surface area contributed by atoms with Gasteiger partial charge in [0, 0.05) is 27.8 Å². The van der Waals surface area contributed by atoms with Crippen molar-refractivity contribution in [1.82, 2.24) is 20.1 Å². The minimum Gasteiger partial charge on any atom is -0.342 e. The minimum atomic E-state index is -0.370. The number of aromatic nitrogens is 3. The van der Waals surface area contributed by atoms with Crippen molar-refractivity contribution in [2.24, 2.45) is 0 Å². The van der Waals surface area contributed by atoms with Crippen LogP contribution in [0.15, 0.2) is 53.7 Å². The average molecular weight is 478 g/mol. The van der Waals surface area contributed by atoms with Gasteiger partial charge in [-0.15, -0.1) is 10.2 Å². The number of halogens is 2. The zero-order valence-corrected chi connectivity index (χ0v) is 19.3. The summed E-state index contributed by atoms with van der Waals surface area (Å²) in [7, 11) is 0. The first-order valence-corrected chi connectivity index (χ1v) is 11.3. The Labute approximate surface area is 194 Å². The molecule has 10 heteroatoms. The molecule has 0 aliphatic rings. The zero-order chi connectivity index (χ0) is 22.4. The van der Waals surface area contributed by atoms with Gasteiger partial charge in [0.25, 0.3) is 5.91 Å². The van der Waals surface area contributed by atoms with Crippen LogP contribution in [0.5, 0.6) is 0 Å². The number of thioether (sulfide) groups is 1. The topological polar surface area (TPSA) is 88.9 Å². The van der Waals surface area contributed by atoms with Crippen LogP contribution in [-0.2, 0) is 11.3 Å². The Hall–Kier alpha value is -2.55. The first-order chi connectivity index (χ1) is 14.9. The molecule has 3 aromatic rings. The molecule has 0 bridgehead atoms. The average Bonchev–Trinajstić information content (AvgIpc) is 3.16. The molecule has 1 atom stereocenters. The van der Waals surface area contributed by atoms with E-state index in [1.54, 1.807) is 48.5 Å². The third-order valence-electron chi connectivity index (χ3n) is 4.34. The molecule has 0 aliphatic heterocycles. The van der Waals surface area contributed by atoms with E-state index in [9.17, 15) is 9.59 Å². The summed E-state index contributed by atoms with van der Waals surface area (Å²) in [6.45, 7) is 4.39. The highest BCUT2D eigenvalue weighted by Crippen LogP contribution is 2.22. The molecule has 3 rings (SSSR count). The lowest BCUT2D eigenvalue weighted by atomic mass is 10.2. The van der Waals surface area contributed by atoms with Crippen molar-refractivity contribution in [3.63, 3.8) is 0 Å². The van der Waals surface area contributed by atoms with Crippen LogP contribution < -0.4 is 10.6 Å². The normalized spacial score (nSPS) is 11.7. The van der Waals surface area contributed by atoms with E-state index >= 15 is 0 Å². The molecule has 0 saturated heterocycles. The molecule has 0 spiro atoms. The second-order valence-electron chi connectivity index (χ2n) is 6.63. The van der Waals surface area contributed by atoms with Crippen molar-refractivity contribution in [2.75, 3.05) is 11.1 Å². The predicted molar refractivity (Wildman–Crippen MR) is 124 cm³/mol. The van der Waals surface area contributed by atoms with Crippen molar-refractivity contribution in [1.29, 1.82) is 0 Å². The lowest BCUT2D eigenvalue weighted by molar-refractivity contribution is -0.113. The van der Waals surface area contributed by atoms with Gasteiger partial charge in [0.1, 0.15) is 0 Å². The molecule has 0 fully saturated rings. The summed E-state index contributed by atoms with van der Waals surface area (Å²) in [5.41, 5.74) is 1.14. The van der Waals surface area contributed by atoms with Gasteiger partial charge in [0.05, 0.1) is 11.8 Å². The summed E-state index contributed by atoms with van der Waals surface area (Å²) in [6, 6.07) is 13.2. The fraction of sp³-hybridized carbons (Fsp3) is 0.238. The van der Waals surface area contributed by atoms with Crippen molar-refractivity contribution in [3.05, 3.63) is 70.0 Å². The fourth-order valence-corrected chi connectivity index (χ4v) is 3.99. The van der Waals surface area contributed by atoms with Crippen LogP contribution in [-0.4, -0.2) is 32.3 Å². The van der Waals surface area contributed by atoms with E-state index in [-0.39, 0.29) is 23.6 Å². The third-order valence-corrected chi connectivity index (χ3v) is 5.80. The molecule has 1 heterocycles. The van der Waals surface area contributed by atoms with Gasteiger partial charge in [-0.25, -0.2) is 0 Å². The molecule has 0 aliphatic carbocycles. The number of hydrogen-bond donors (Lipinski definition) is 2. The van der Waals surface area contributed by atoms with E-state index < -0.39 is 0 Å². The highest BCUT2D eigenvalue weighted by molar-refractivity contribution is 7.99. The van der Waals surface area contributed by atoms with E-state index in [0.717, 1.165) is 0 Å². The lowest BCUT2D eigenvalue weighted by Gasteiger charge is -2.15. The van der Waals surface area contributed by atoms with Gasteiger partial charge < -0.3 is 15.2 Å². The van der Waals surface area contributed by atoms with Gasteiger partial charge in [-0.3, -0.25) is 9.59 Å². The fourth-order valence-electron chi connectivity index (χ4n) is 2.86. The Balaban J connectivity index is 1.62. The molecule has 0 radical (unpaired) electrons. The van der Waals surface area contributed by atoms with Gasteiger partial charge >= 0.3 is 0 Å². The Morgan fingerprint density at radius 3 is 2.52 bits per heavy atom. The Bertz CT molecular complexity index is 1070. The number of carbonyl (C=O) groups excluding carboxylic acids is 2. The highest BCUT2D eigenvalue weighted by atomic mass is 35.5. The summed E-state index contributed by atoms with van der Waals surface area (Å²) in [4.78, 5) is 24.7. The maximum absolute atomic E-state index is 12.5. The Morgan fingerprint density at radius 1 is 1.10 bits per heavy atom. The SMILES string of the molecule is CCn1c(SCC(=O)Nc2cccc(Cl)c2)nnc1[C@H](C)NC(=O)c1ccc(Cl)cc1.